The van der Waals surface area contributed by atoms with E-state index in [0.717, 1.165) is 68.9 Å². The molecule has 3 rings (SSSR count). The van der Waals surface area contributed by atoms with Crippen LogP contribution in [-0.2, 0) is 11.3 Å². The van der Waals surface area contributed by atoms with Gasteiger partial charge >= 0.3 is 0 Å². The fraction of sp³-hybridized carbons (Fsp3) is 0.458. The molecule has 30 heavy (non-hydrogen) atoms. The van der Waals surface area contributed by atoms with Gasteiger partial charge in [-0.05, 0) is 61.3 Å². The minimum absolute atomic E-state index is 0.768. The lowest BCUT2D eigenvalue weighted by molar-refractivity contribution is 0.0368. The molecule has 1 N–H and O–H groups in total. The van der Waals surface area contributed by atoms with Crippen LogP contribution in [0.15, 0.2) is 42.5 Å². The lowest BCUT2D eigenvalue weighted by atomic mass is 10.1. The summed E-state index contributed by atoms with van der Waals surface area (Å²) in [6, 6.07) is 14.5. The van der Waals surface area contributed by atoms with E-state index >= 15 is 0 Å². The Morgan fingerprint density at radius 1 is 1.10 bits per heavy atom. The second-order valence-electron chi connectivity index (χ2n) is 7.77. The van der Waals surface area contributed by atoms with Crippen molar-refractivity contribution in [3.8, 4) is 5.75 Å². The molecule has 0 atom stereocenters. The van der Waals surface area contributed by atoms with E-state index in [1.165, 1.54) is 16.7 Å². The van der Waals surface area contributed by atoms with Gasteiger partial charge in [-0.15, -0.1) is 0 Å². The van der Waals surface area contributed by atoms with Crippen LogP contribution in [0.25, 0.3) is 0 Å². The number of para-hydroxylation sites is 1. The largest absolute Gasteiger partial charge is 0.497 e. The van der Waals surface area contributed by atoms with Crippen LogP contribution in [0.2, 0.25) is 0 Å². The number of rotatable bonds is 8. The zero-order valence-electron chi connectivity index (χ0n) is 18.3. The van der Waals surface area contributed by atoms with Crippen LogP contribution in [0.5, 0.6) is 5.75 Å². The molecular formula is C24H33N3O2S. The number of ether oxygens (including phenoxy) is 2. The van der Waals surface area contributed by atoms with Crippen molar-refractivity contribution in [3.63, 3.8) is 0 Å². The van der Waals surface area contributed by atoms with Gasteiger partial charge < -0.3 is 19.7 Å². The highest BCUT2D eigenvalue weighted by molar-refractivity contribution is 7.80. The first-order valence-corrected chi connectivity index (χ1v) is 11.0. The Morgan fingerprint density at radius 2 is 1.77 bits per heavy atom. The number of nitrogens with one attached hydrogen (secondary N) is 1. The predicted octanol–water partition coefficient (Wildman–Crippen LogP) is 4.23. The molecule has 0 saturated carbocycles. The summed E-state index contributed by atoms with van der Waals surface area (Å²) in [7, 11) is 1.69. The number of thiocarbonyl (C=S) groups is 1. The summed E-state index contributed by atoms with van der Waals surface area (Å²) in [5, 5.41) is 4.28. The van der Waals surface area contributed by atoms with Crippen molar-refractivity contribution in [3.05, 3.63) is 59.2 Å². The lowest BCUT2D eigenvalue weighted by Crippen LogP contribution is -2.40. The zero-order chi connectivity index (χ0) is 21.3. The van der Waals surface area contributed by atoms with Gasteiger partial charge in [0, 0.05) is 38.4 Å². The third kappa shape index (κ3) is 6.42. The molecule has 1 aliphatic heterocycles. The Bertz CT molecular complexity index is 799. The fourth-order valence-corrected chi connectivity index (χ4v) is 3.97. The summed E-state index contributed by atoms with van der Waals surface area (Å²) < 4.78 is 10.8. The van der Waals surface area contributed by atoms with E-state index in [1.54, 1.807) is 7.11 Å². The molecule has 162 valence electrons. The normalized spacial score (nSPS) is 14.4. The van der Waals surface area contributed by atoms with Gasteiger partial charge in [0.1, 0.15) is 5.75 Å². The molecule has 0 unspecified atom stereocenters. The highest BCUT2D eigenvalue weighted by Gasteiger charge is 2.15. The van der Waals surface area contributed by atoms with Crippen LogP contribution in [0.4, 0.5) is 5.69 Å². The third-order valence-electron chi connectivity index (χ3n) is 5.54. The molecule has 0 spiro atoms. The van der Waals surface area contributed by atoms with Gasteiger partial charge in [-0.3, -0.25) is 4.90 Å². The Balaban J connectivity index is 1.67. The van der Waals surface area contributed by atoms with Crippen LogP contribution < -0.4 is 10.1 Å². The quantitative estimate of drug-likeness (QED) is 0.636. The Kier molecular flexibility index (Phi) is 8.49. The van der Waals surface area contributed by atoms with Crippen LogP contribution in [0, 0.1) is 13.8 Å². The average Bonchev–Trinajstić information content (AvgIpc) is 2.77. The summed E-state index contributed by atoms with van der Waals surface area (Å²) in [6.07, 6.45) is 1.06. The van der Waals surface area contributed by atoms with Gasteiger partial charge in [-0.25, -0.2) is 0 Å². The molecule has 6 heteroatoms. The van der Waals surface area contributed by atoms with Gasteiger partial charge in [0.25, 0.3) is 0 Å². The maximum Gasteiger partial charge on any atom is 0.173 e. The first-order chi connectivity index (χ1) is 14.6. The summed E-state index contributed by atoms with van der Waals surface area (Å²) in [5.41, 5.74) is 4.73. The number of hydrogen-bond acceptors (Lipinski definition) is 4. The number of morpholine rings is 1. The number of aryl methyl sites for hydroxylation is 2. The van der Waals surface area contributed by atoms with Crippen molar-refractivity contribution >= 4 is 23.0 Å². The van der Waals surface area contributed by atoms with E-state index in [9.17, 15) is 0 Å². The van der Waals surface area contributed by atoms with E-state index in [1.807, 2.05) is 12.1 Å². The summed E-state index contributed by atoms with van der Waals surface area (Å²) in [5.74, 6) is 0.869. The Labute approximate surface area is 186 Å². The van der Waals surface area contributed by atoms with Crippen molar-refractivity contribution in [1.82, 2.24) is 9.80 Å². The number of benzene rings is 2. The van der Waals surface area contributed by atoms with Crippen LogP contribution in [-0.4, -0.2) is 61.4 Å². The molecule has 1 heterocycles. The van der Waals surface area contributed by atoms with E-state index < -0.39 is 0 Å². The molecular weight excluding hydrogens is 394 g/mol. The van der Waals surface area contributed by atoms with Crippen LogP contribution in [0.1, 0.15) is 23.1 Å². The zero-order valence-corrected chi connectivity index (χ0v) is 19.1. The van der Waals surface area contributed by atoms with E-state index in [2.05, 4.69) is 59.3 Å². The monoisotopic (exact) mass is 427 g/mol. The third-order valence-corrected chi connectivity index (χ3v) is 5.90. The second kappa shape index (κ2) is 11.3. The summed E-state index contributed by atoms with van der Waals surface area (Å²) >= 11 is 5.85. The highest BCUT2D eigenvalue weighted by atomic mass is 32.1. The van der Waals surface area contributed by atoms with Crippen LogP contribution >= 0.6 is 12.2 Å². The fourth-order valence-electron chi connectivity index (χ4n) is 3.71. The smallest absolute Gasteiger partial charge is 0.173 e. The summed E-state index contributed by atoms with van der Waals surface area (Å²) in [4.78, 5) is 4.74. The SMILES string of the molecule is COc1ccc(CN(CCCN2CCOCC2)C(=S)Nc2c(C)cccc2C)cc1. The van der Waals surface area contributed by atoms with E-state index in [4.69, 9.17) is 21.7 Å². The molecule has 5 nitrogen and oxygen atoms in total. The maximum atomic E-state index is 5.85. The topological polar surface area (TPSA) is 37.0 Å². The van der Waals surface area contributed by atoms with E-state index in [0.29, 0.717) is 0 Å². The second-order valence-corrected chi connectivity index (χ2v) is 8.16. The van der Waals surface area contributed by atoms with Gasteiger partial charge in [0.2, 0.25) is 0 Å². The molecule has 0 radical (unpaired) electrons. The standard InChI is InChI=1S/C24H33N3O2S/c1-19-6-4-7-20(2)23(19)25-24(30)27(13-5-12-26-14-16-29-17-15-26)18-21-8-10-22(28-3)11-9-21/h4,6-11H,5,12-18H2,1-3H3,(H,25,30). The molecule has 0 bridgehead atoms. The first kappa shape index (κ1) is 22.5. The number of anilines is 1. The molecule has 2 aromatic rings. The number of nitrogens with zero attached hydrogens (tertiary/aromatic N) is 2. The summed E-state index contributed by atoms with van der Waals surface area (Å²) in [6.45, 7) is 10.7. The minimum atomic E-state index is 0.768. The lowest BCUT2D eigenvalue weighted by Gasteiger charge is -2.30. The van der Waals surface area contributed by atoms with Gasteiger partial charge in [-0.2, -0.15) is 0 Å². The van der Waals surface area contributed by atoms with Crippen LogP contribution in [0.3, 0.4) is 0 Å². The molecule has 2 aromatic carbocycles. The highest BCUT2D eigenvalue weighted by Crippen LogP contribution is 2.21. The van der Waals surface area contributed by atoms with Crippen molar-refractivity contribution in [2.75, 3.05) is 51.8 Å². The Morgan fingerprint density at radius 3 is 2.40 bits per heavy atom. The van der Waals surface area contributed by atoms with Crippen molar-refractivity contribution in [1.29, 1.82) is 0 Å². The number of hydrogen-bond donors (Lipinski definition) is 1. The average molecular weight is 428 g/mol. The predicted molar refractivity (Wildman–Crippen MR) is 127 cm³/mol. The number of methoxy groups -OCH3 is 1. The molecule has 1 saturated heterocycles. The molecule has 1 aliphatic rings. The molecule has 0 aromatic heterocycles. The maximum absolute atomic E-state index is 5.85. The van der Waals surface area contributed by atoms with Gasteiger partial charge in [-0.1, -0.05) is 30.3 Å². The van der Waals surface area contributed by atoms with Crippen molar-refractivity contribution in [2.45, 2.75) is 26.8 Å². The van der Waals surface area contributed by atoms with Gasteiger partial charge in [0.15, 0.2) is 5.11 Å². The molecule has 1 fully saturated rings. The Hall–Kier alpha value is -2.15. The molecule has 0 amide bonds. The van der Waals surface area contributed by atoms with E-state index in [-0.39, 0.29) is 0 Å². The first-order valence-electron chi connectivity index (χ1n) is 10.6. The van der Waals surface area contributed by atoms with Gasteiger partial charge in [0.05, 0.1) is 20.3 Å². The molecule has 0 aliphatic carbocycles. The minimum Gasteiger partial charge on any atom is -0.497 e. The van der Waals surface area contributed by atoms with Crippen molar-refractivity contribution < 1.29 is 9.47 Å². The van der Waals surface area contributed by atoms with Crippen molar-refractivity contribution in [2.24, 2.45) is 0 Å².